The van der Waals surface area contributed by atoms with E-state index in [-0.39, 0.29) is 45.6 Å². The maximum atomic E-state index is 12.9. The van der Waals surface area contributed by atoms with Gasteiger partial charge in [-0.25, -0.2) is 8.42 Å². The lowest BCUT2D eigenvalue weighted by molar-refractivity contribution is -0.112. The monoisotopic (exact) mass is 416 g/mol. The molecule has 0 amide bonds. The molecule has 0 aromatic heterocycles. The van der Waals surface area contributed by atoms with E-state index < -0.39 is 15.6 Å². The first-order chi connectivity index (χ1) is 13.7. The van der Waals surface area contributed by atoms with Crippen molar-refractivity contribution in [3.8, 4) is 23.0 Å². The Morgan fingerprint density at radius 3 is 1.59 bits per heavy atom. The first-order valence-corrected chi connectivity index (χ1v) is 10.4. The molecule has 0 bridgehead atoms. The van der Waals surface area contributed by atoms with Crippen molar-refractivity contribution in [2.75, 3.05) is 25.7 Å². The van der Waals surface area contributed by atoms with E-state index in [2.05, 4.69) is 0 Å². The quantitative estimate of drug-likeness (QED) is 0.737. The molecule has 1 fully saturated rings. The molecular formula is C21H20O7S. The predicted octanol–water partition coefficient (Wildman–Crippen LogP) is 2.58. The summed E-state index contributed by atoms with van der Waals surface area (Å²) in [6.45, 7) is 0. The van der Waals surface area contributed by atoms with Crippen molar-refractivity contribution >= 4 is 27.8 Å². The highest BCUT2D eigenvalue weighted by atomic mass is 32.2. The zero-order valence-corrected chi connectivity index (χ0v) is 16.7. The Kier molecular flexibility index (Phi) is 5.65. The highest BCUT2D eigenvalue weighted by molar-refractivity contribution is 7.92. The molecule has 152 valence electrons. The van der Waals surface area contributed by atoms with Gasteiger partial charge in [0.2, 0.25) is 0 Å². The lowest BCUT2D eigenvalue weighted by Gasteiger charge is -2.17. The van der Waals surface area contributed by atoms with Gasteiger partial charge in [0.15, 0.2) is 38.6 Å². The number of carbonyl (C=O) groups excluding carboxylic acids is 1. The van der Waals surface area contributed by atoms with Crippen LogP contribution in [0.25, 0.3) is 12.2 Å². The Morgan fingerprint density at radius 1 is 0.828 bits per heavy atom. The van der Waals surface area contributed by atoms with E-state index in [0.29, 0.717) is 11.1 Å². The second kappa shape index (κ2) is 8.00. The zero-order chi connectivity index (χ0) is 21.2. The summed E-state index contributed by atoms with van der Waals surface area (Å²) in [6.07, 6.45) is 2.88. The fourth-order valence-electron chi connectivity index (χ4n) is 3.07. The van der Waals surface area contributed by atoms with Crippen LogP contribution in [-0.4, -0.2) is 50.1 Å². The number of ether oxygens (including phenoxy) is 2. The average Bonchev–Trinajstić information content (AvgIpc) is 2.65. The maximum Gasteiger partial charge on any atom is 0.187 e. The van der Waals surface area contributed by atoms with Gasteiger partial charge in [0.05, 0.1) is 25.7 Å². The Labute approximate surface area is 168 Å². The third-order valence-corrected chi connectivity index (χ3v) is 5.92. The van der Waals surface area contributed by atoms with Gasteiger partial charge >= 0.3 is 0 Å². The van der Waals surface area contributed by atoms with Gasteiger partial charge in [-0.05, 0) is 47.5 Å². The van der Waals surface area contributed by atoms with Gasteiger partial charge in [-0.2, -0.15) is 0 Å². The second-order valence-electron chi connectivity index (χ2n) is 6.56. The van der Waals surface area contributed by atoms with Crippen molar-refractivity contribution in [2.24, 2.45) is 0 Å². The molecular weight excluding hydrogens is 396 g/mol. The lowest BCUT2D eigenvalue weighted by atomic mass is 10.0. The minimum atomic E-state index is -3.53. The van der Waals surface area contributed by atoms with Crippen molar-refractivity contribution in [2.45, 2.75) is 0 Å². The van der Waals surface area contributed by atoms with E-state index >= 15 is 0 Å². The molecule has 2 aromatic rings. The molecule has 0 unspecified atom stereocenters. The van der Waals surface area contributed by atoms with Crippen molar-refractivity contribution in [3.05, 3.63) is 58.7 Å². The summed E-state index contributed by atoms with van der Waals surface area (Å²) in [5.41, 5.74) is 1.16. The van der Waals surface area contributed by atoms with E-state index in [9.17, 15) is 23.4 Å². The van der Waals surface area contributed by atoms with Crippen LogP contribution in [0.3, 0.4) is 0 Å². The van der Waals surface area contributed by atoms with Crippen LogP contribution in [0.2, 0.25) is 0 Å². The van der Waals surface area contributed by atoms with Gasteiger partial charge in [-0.15, -0.1) is 0 Å². The summed E-state index contributed by atoms with van der Waals surface area (Å²) >= 11 is 0. The number of rotatable bonds is 4. The van der Waals surface area contributed by atoms with Crippen LogP contribution >= 0.6 is 0 Å². The number of phenols is 2. The fourth-order valence-corrected chi connectivity index (χ4v) is 4.55. The van der Waals surface area contributed by atoms with Crippen LogP contribution in [0.15, 0.2) is 47.5 Å². The number of aromatic hydroxyl groups is 2. The van der Waals surface area contributed by atoms with Crippen LogP contribution in [0, 0.1) is 0 Å². The maximum absolute atomic E-state index is 12.9. The summed E-state index contributed by atoms with van der Waals surface area (Å²) in [7, 11) is -0.702. The molecule has 0 saturated carbocycles. The summed E-state index contributed by atoms with van der Waals surface area (Å²) in [4.78, 5) is 12.9. The topological polar surface area (TPSA) is 110 Å². The zero-order valence-electron chi connectivity index (χ0n) is 15.9. The third-order valence-electron chi connectivity index (χ3n) is 4.42. The molecule has 1 heterocycles. The van der Waals surface area contributed by atoms with Gasteiger partial charge in [0, 0.05) is 11.1 Å². The lowest BCUT2D eigenvalue weighted by Crippen LogP contribution is -2.28. The molecule has 2 aromatic carbocycles. The standard InChI is InChI=1S/C21H20O7S/c1-27-19-5-3-13(9-17(19)22)7-15-11-29(25,26)12-16(21(15)24)8-14-4-6-20(28-2)18(23)10-14/h3-10,22-23H,11-12H2,1-2H3/b15-7-,16-8+. The van der Waals surface area contributed by atoms with E-state index in [1.165, 1.54) is 50.6 Å². The number of hydrogen-bond donors (Lipinski definition) is 2. The number of Topliss-reactive ketones (excluding diaryl/α,β-unsaturated/α-hetero) is 1. The van der Waals surface area contributed by atoms with Gasteiger partial charge in [0.25, 0.3) is 0 Å². The number of sulfone groups is 1. The number of carbonyl (C=O) groups is 1. The number of methoxy groups -OCH3 is 2. The highest BCUT2D eigenvalue weighted by Crippen LogP contribution is 2.30. The molecule has 0 radical (unpaired) electrons. The predicted molar refractivity (Wildman–Crippen MR) is 109 cm³/mol. The minimum Gasteiger partial charge on any atom is -0.504 e. The molecule has 1 saturated heterocycles. The van der Waals surface area contributed by atoms with Crippen molar-refractivity contribution in [1.29, 1.82) is 0 Å². The molecule has 1 aliphatic heterocycles. The number of phenolic OH excluding ortho intramolecular Hbond substituents is 2. The van der Waals surface area contributed by atoms with E-state index in [0.717, 1.165) is 0 Å². The first-order valence-electron chi connectivity index (χ1n) is 8.62. The summed E-state index contributed by atoms with van der Waals surface area (Å²) in [6, 6.07) is 9.08. The van der Waals surface area contributed by atoms with Crippen LogP contribution in [-0.2, 0) is 14.6 Å². The molecule has 29 heavy (non-hydrogen) atoms. The van der Waals surface area contributed by atoms with Crippen LogP contribution in [0.4, 0.5) is 0 Å². The minimum absolute atomic E-state index is 0.102. The normalized spacial score (nSPS) is 18.8. The highest BCUT2D eigenvalue weighted by Gasteiger charge is 2.30. The summed E-state index contributed by atoms with van der Waals surface area (Å²) < 4.78 is 34.7. The van der Waals surface area contributed by atoms with Gasteiger partial charge in [-0.1, -0.05) is 12.1 Å². The molecule has 0 aliphatic carbocycles. The Bertz CT molecular complexity index is 1050. The average molecular weight is 416 g/mol. The van der Waals surface area contributed by atoms with Gasteiger partial charge in [0.1, 0.15) is 0 Å². The first kappa shape index (κ1) is 20.5. The van der Waals surface area contributed by atoms with Crippen LogP contribution < -0.4 is 9.47 Å². The molecule has 3 rings (SSSR count). The van der Waals surface area contributed by atoms with Crippen molar-refractivity contribution in [1.82, 2.24) is 0 Å². The fraction of sp³-hybridized carbons (Fsp3) is 0.190. The van der Waals surface area contributed by atoms with Crippen molar-refractivity contribution in [3.63, 3.8) is 0 Å². The Morgan fingerprint density at radius 2 is 1.24 bits per heavy atom. The Balaban J connectivity index is 1.99. The molecule has 2 N–H and O–H groups in total. The molecule has 8 heteroatoms. The molecule has 0 atom stereocenters. The molecule has 1 aliphatic rings. The van der Waals surface area contributed by atoms with E-state index in [1.807, 2.05) is 0 Å². The smallest absolute Gasteiger partial charge is 0.187 e. The summed E-state index contributed by atoms with van der Waals surface area (Å²) in [5.74, 6) is -0.849. The number of hydrogen-bond acceptors (Lipinski definition) is 7. The second-order valence-corrected chi connectivity index (χ2v) is 8.63. The number of ketones is 1. The Hall–Kier alpha value is -3.26. The van der Waals surface area contributed by atoms with Crippen LogP contribution in [0.5, 0.6) is 23.0 Å². The van der Waals surface area contributed by atoms with Crippen molar-refractivity contribution < 1.29 is 32.9 Å². The summed E-state index contributed by atoms with van der Waals surface area (Å²) in [5, 5.41) is 19.8. The number of benzene rings is 2. The van der Waals surface area contributed by atoms with E-state index in [1.54, 1.807) is 12.1 Å². The van der Waals surface area contributed by atoms with Gasteiger partial charge < -0.3 is 19.7 Å². The largest absolute Gasteiger partial charge is 0.504 e. The third kappa shape index (κ3) is 4.60. The van der Waals surface area contributed by atoms with Gasteiger partial charge in [-0.3, -0.25) is 4.79 Å². The van der Waals surface area contributed by atoms with E-state index in [4.69, 9.17) is 9.47 Å². The SMILES string of the molecule is COc1ccc(/C=C2\CS(=O)(=O)C/C(=C/c3ccc(OC)c(O)c3)C2=O)cc1O. The molecule has 0 spiro atoms. The van der Waals surface area contributed by atoms with Crippen LogP contribution in [0.1, 0.15) is 11.1 Å². The molecule has 7 nitrogen and oxygen atoms in total.